The van der Waals surface area contributed by atoms with Crippen LogP contribution in [0.3, 0.4) is 0 Å². The first-order valence-corrected chi connectivity index (χ1v) is 8.94. The Balaban J connectivity index is 1.75. The van der Waals surface area contributed by atoms with Crippen LogP contribution in [0.4, 0.5) is 17.1 Å². The van der Waals surface area contributed by atoms with Crippen LogP contribution in [0, 0.1) is 0 Å². The van der Waals surface area contributed by atoms with Gasteiger partial charge in [0.25, 0.3) is 0 Å². The summed E-state index contributed by atoms with van der Waals surface area (Å²) in [5, 5.41) is 11.6. The fourth-order valence-corrected chi connectivity index (χ4v) is 2.62. The molecule has 148 valence electrons. The molecule has 2 aromatic rings. The maximum Gasteiger partial charge on any atom is 0.360 e. The number of anilines is 2. The molecular formula is C22H22N4O3. The van der Waals surface area contributed by atoms with Gasteiger partial charge in [-0.1, -0.05) is 6.08 Å². The number of methoxy groups -OCH3 is 2. The number of rotatable bonds is 6. The van der Waals surface area contributed by atoms with Gasteiger partial charge >= 0.3 is 5.97 Å². The van der Waals surface area contributed by atoms with Gasteiger partial charge in [0.2, 0.25) is 0 Å². The minimum Gasteiger partial charge on any atom is -0.497 e. The predicted octanol–water partition coefficient (Wildman–Crippen LogP) is 4.92. The second kappa shape index (κ2) is 9.36. The highest BCUT2D eigenvalue weighted by Crippen LogP contribution is 2.24. The maximum absolute atomic E-state index is 12.1. The number of esters is 1. The third-order valence-electron chi connectivity index (χ3n) is 4.19. The highest BCUT2D eigenvalue weighted by molar-refractivity contribution is 5.89. The number of carbonyl (C=O) groups excluding carboxylic acids is 1. The molecule has 1 heterocycles. The summed E-state index contributed by atoms with van der Waals surface area (Å²) in [5.41, 5.74) is 3.21. The van der Waals surface area contributed by atoms with Gasteiger partial charge in [0.1, 0.15) is 5.75 Å². The molecule has 0 amide bonds. The van der Waals surface area contributed by atoms with Crippen LogP contribution in [0.15, 0.2) is 94.6 Å². The number of nitrogens with zero attached hydrogens (tertiary/aromatic N) is 3. The van der Waals surface area contributed by atoms with Gasteiger partial charge < -0.3 is 19.7 Å². The Morgan fingerprint density at radius 2 is 1.62 bits per heavy atom. The summed E-state index contributed by atoms with van der Waals surface area (Å²) in [7, 11) is 4.78. The van der Waals surface area contributed by atoms with Gasteiger partial charge in [-0.05, 0) is 60.7 Å². The third kappa shape index (κ3) is 5.10. The minimum absolute atomic E-state index is 0.135. The molecule has 0 saturated carbocycles. The van der Waals surface area contributed by atoms with Gasteiger partial charge in [0.15, 0.2) is 5.70 Å². The first-order chi connectivity index (χ1) is 14.1. The Kier molecular flexibility index (Phi) is 6.42. The molecule has 0 bridgehead atoms. The number of hydrogen-bond acceptors (Lipinski definition) is 7. The van der Waals surface area contributed by atoms with Crippen molar-refractivity contribution < 1.29 is 14.3 Å². The van der Waals surface area contributed by atoms with Crippen LogP contribution in [0.5, 0.6) is 5.75 Å². The topological polar surface area (TPSA) is 75.5 Å². The number of carbonyl (C=O) groups is 1. The molecule has 29 heavy (non-hydrogen) atoms. The molecule has 7 heteroatoms. The van der Waals surface area contributed by atoms with Gasteiger partial charge in [0.05, 0.1) is 25.6 Å². The Labute approximate surface area is 169 Å². The molecule has 2 aromatic carbocycles. The summed E-state index contributed by atoms with van der Waals surface area (Å²) in [6.07, 6.45) is 7.30. The molecular weight excluding hydrogens is 368 g/mol. The molecule has 0 fully saturated rings. The standard InChI is InChI=1S/C22H22N4O3/c1-26-15-5-4-6-20(26)21(22(27)29-3)25-24-18-9-7-16(8-10-18)23-17-11-13-19(28-2)14-12-17/h4-15,23H,1-3H3/b21-20-,25-24-. The first kappa shape index (κ1) is 19.9. The molecule has 7 nitrogen and oxygen atoms in total. The van der Waals surface area contributed by atoms with Gasteiger partial charge in [-0.25, -0.2) is 4.79 Å². The lowest BCUT2D eigenvalue weighted by molar-refractivity contribution is -0.136. The molecule has 0 spiro atoms. The van der Waals surface area contributed by atoms with Crippen LogP contribution < -0.4 is 10.1 Å². The summed E-state index contributed by atoms with van der Waals surface area (Å²) in [6, 6.07) is 15.0. The number of azo groups is 1. The summed E-state index contributed by atoms with van der Waals surface area (Å²) in [5.74, 6) is 0.254. The van der Waals surface area contributed by atoms with Gasteiger partial charge in [0, 0.05) is 24.6 Å². The molecule has 3 rings (SSSR count). The second-order valence-corrected chi connectivity index (χ2v) is 6.14. The van der Waals surface area contributed by atoms with E-state index in [1.54, 1.807) is 18.1 Å². The van der Waals surface area contributed by atoms with Crippen molar-refractivity contribution >= 4 is 23.0 Å². The normalized spacial score (nSPS) is 14.8. The van der Waals surface area contributed by atoms with Gasteiger partial charge in [-0.2, -0.15) is 5.11 Å². The number of nitrogens with one attached hydrogen (secondary N) is 1. The van der Waals surface area contributed by atoms with E-state index in [4.69, 9.17) is 9.47 Å². The van der Waals surface area contributed by atoms with Crippen LogP contribution in [0.25, 0.3) is 0 Å². The van der Waals surface area contributed by atoms with Crippen molar-refractivity contribution in [3.05, 3.63) is 84.4 Å². The lowest BCUT2D eigenvalue weighted by Crippen LogP contribution is -2.16. The Bertz CT molecular complexity index is 974. The van der Waals surface area contributed by atoms with Crippen LogP contribution in [0.1, 0.15) is 0 Å². The molecule has 1 N–H and O–H groups in total. The first-order valence-electron chi connectivity index (χ1n) is 8.94. The van der Waals surface area contributed by atoms with Crippen molar-refractivity contribution in [2.75, 3.05) is 26.6 Å². The van der Waals surface area contributed by atoms with Crippen molar-refractivity contribution in [1.82, 2.24) is 4.90 Å². The lowest BCUT2D eigenvalue weighted by atomic mass is 10.2. The molecule has 1 aliphatic rings. The molecule has 0 unspecified atom stereocenters. The van der Waals surface area contributed by atoms with Crippen molar-refractivity contribution in [2.45, 2.75) is 0 Å². The van der Waals surface area contributed by atoms with Crippen molar-refractivity contribution in [3.8, 4) is 5.75 Å². The average molecular weight is 390 g/mol. The Morgan fingerprint density at radius 1 is 0.966 bits per heavy atom. The smallest absolute Gasteiger partial charge is 0.360 e. The highest BCUT2D eigenvalue weighted by atomic mass is 16.5. The quantitative estimate of drug-likeness (QED) is 0.430. The van der Waals surface area contributed by atoms with E-state index in [1.165, 1.54) is 7.11 Å². The fourth-order valence-electron chi connectivity index (χ4n) is 2.62. The summed E-state index contributed by atoms with van der Waals surface area (Å²) in [4.78, 5) is 13.9. The highest BCUT2D eigenvalue weighted by Gasteiger charge is 2.17. The van der Waals surface area contributed by atoms with Crippen molar-refractivity contribution in [1.29, 1.82) is 0 Å². The number of hydrogen-bond donors (Lipinski definition) is 1. The van der Waals surface area contributed by atoms with E-state index in [0.29, 0.717) is 11.4 Å². The van der Waals surface area contributed by atoms with Crippen LogP contribution >= 0.6 is 0 Å². The predicted molar refractivity (Wildman–Crippen MR) is 112 cm³/mol. The average Bonchev–Trinajstić information content (AvgIpc) is 2.76. The zero-order valence-electron chi connectivity index (χ0n) is 16.5. The zero-order chi connectivity index (χ0) is 20.6. The van der Waals surface area contributed by atoms with Crippen molar-refractivity contribution in [3.63, 3.8) is 0 Å². The van der Waals surface area contributed by atoms with E-state index >= 15 is 0 Å². The number of benzene rings is 2. The molecule has 1 aliphatic heterocycles. The lowest BCUT2D eigenvalue weighted by Gasteiger charge is -2.19. The summed E-state index contributed by atoms with van der Waals surface area (Å²) >= 11 is 0. The summed E-state index contributed by atoms with van der Waals surface area (Å²) in [6.45, 7) is 0. The zero-order valence-corrected chi connectivity index (χ0v) is 16.5. The monoisotopic (exact) mass is 390 g/mol. The van der Waals surface area contributed by atoms with Crippen LogP contribution in [0.2, 0.25) is 0 Å². The molecule has 0 atom stereocenters. The van der Waals surface area contributed by atoms with Crippen molar-refractivity contribution in [2.24, 2.45) is 10.2 Å². The van der Waals surface area contributed by atoms with Gasteiger partial charge in [-0.3, -0.25) is 0 Å². The largest absolute Gasteiger partial charge is 0.497 e. The van der Waals surface area contributed by atoms with E-state index in [0.717, 1.165) is 17.1 Å². The molecule has 0 radical (unpaired) electrons. The molecule has 0 aliphatic carbocycles. The van der Waals surface area contributed by atoms with E-state index in [2.05, 4.69) is 15.5 Å². The van der Waals surface area contributed by atoms with E-state index in [1.807, 2.05) is 73.9 Å². The second-order valence-electron chi connectivity index (χ2n) is 6.14. The Morgan fingerprint density at radius 3 is 2.21 bits per heavy atom. The maximum atomic E-state index is 12.1. The van der Waals surface area contributed by atoms with Crippen LogP contribution in [-0.2, 0) is 9.53 Å². The number of allylic oxidation sites excluding steroid dienone is 3. The number of likely N-dealkylation sites (N-methyl/N-ethyl adjacent to an activating group) is 1. The third-order valence-corrected chi connectivity index (χ3v) is 4.19. The SMILES string of the molecule is COC(=O)C(/N=N\c1ccc(Nc2ccc(OC)cc2)cc1)=C1\C=CC=CN1C. The molecule has 0 aromatic heterocycles. The number of ether oxygens (including phenoxy) is 2. The Hall–Kier alpha value is -3.87. The molecule has 0 saturated heterocycles. The van der Waals surface area contributed by atoms with E-state index in [-0.39, 0.29) is 5.70 Å². The fraction of sp³-hybridized carbons (Fsp3) is 0.136. The van der Waals surface area contributed by atoms with Crippen LogP contribution in [-0.4, -0.2) is 32.1 Å². The van der Waals surface area contributed by atoms with E-state index in [9.17, 15) is 4.79 Å². The minimum atomic E-state index is -0.548. The summed E-state index contributed by atoms with van der Waals surface area (Å²) < 4.78 is 10.0. The van der Waals surface area contributed by atoms with Gasteiger partial charge in [-0.15, -0.1) is 5.11 Å². The van der Waals surface area contributed by atoms with E-state index < -0.39 is 5.97 Å².